The van der Waals surface area contributed by atoms with Crippen LogP contribution in [0.5, 0.6) is 0 Å². The van der Waals surface area contributed by atoms with Crippen molar-refractivity contribution in [2.24, 2.45) is 0 Å². The number of hydrogen-bond donors (Lipinski definition) is 0. The first kappa shape index (κ1) is 26.9. The second kappa shape index (κ2) is 10.7. The molecule has 0 radical (unpaired) electrons. The lowest BCUT2D eigenvalue weighted by atomic mass is 9.80. The molecule has 0 aliphatic heterocycles. The minimum atomic E-state index is 1.21. The number of rotatable bonds is 2. The Bertz CT molecular complexity index is 2670. The molecule has 0 unspecified atom stereocenters. The zero-order chi connectivity index (χ0) is 31.6. The van der Waals surface area contributed by atoms with Crippen molar-refractivity contribution in [3.8, 4) is 66.8 Å². The quantitative estimate of drug-likeness (QED) is 0.172. The fourth-order valence-electron chi connectivity index (χ4n) is 7.98. The lowest BCUT2D eigenvalue weighted by Gasteiger charge is -2.23. The Kier molecular flexibility index (Phi) is 5.98. The first-order valence-electron chi connectivity index (χ1n) is 16.7. The molecule has 1 aliphatic carbocycles. The molecule has 0 heteroatoms. The zero-order valence-corrected chi connectivity index (χ0v) is 26.3. The summed E-state index contributed by atoms with van der Waals surface area (Å²) in [6, 6.07) is 67.1. The summed E-state index contributed by atoms with van der Waals surface area (Å²) in [5, 5.41) is 7.82. The molecule has 0 saturated heterocycles. The van der Waals surface area contributed by atoms with E-state index in [0.29, 0.717) is 0 Å². The summed E-state index contributed by atoms with van der Waals surface area (Å²) >= 11 is 0. The monoisotopic (exact) mass is 606 g/mol. The maximum absolute atomic E-state index is 2.39. The smallest absolute Gasteiger partial charge is 0.00928 e. The van der Waals surface area contributed by atoms with E-state index < -0.39 is 0 Å². The van der Waals surface area contributed by atoms with Gasteiger partial charge in [0.05, 0.1) is 0 Å². The van der Waals surface area contributed by atoms with Crippen LogP contribution in [0.3, 0.4) is 0 Å². The van der Waals surface area contributed by atoms with Crippen molar-refractivity contribution in [3.05, 3.63) is 182 Å². The molecule has 10 rings (SSSR count). The van der Waals surface area contributed by atoms with Crippen molar-refractivity contribution < 1.29 is 0 Å². The highest BCUT2D eigenvalue weighted by Gasteiger charge is 2.21. The second-order valence-corrected chi connectivity index (χ2v) is 12.8. The maximum Gasteiger partial charge on any atom is -0.00928 e. The molecule has 9 aromatic carbocycles. The molecule has 0 nitrogen and oxygen atoms in total. The van der Waals surface area contributed by atoms with Gasteiger partial charge in [0.2, 0.25) is 0 Å². The van der Waals surface area contributed by atoms with Gasteiger partial charge in [-0.3, -0.25) is 0 Å². The first-order chi connectivity index (χ1) is 23.8. The van der Waals surface area contributed by atoms with Crippen LogP contribution in [0.15, 0.2) is 182 Å². The van der Waals surface area contributed by atoms with E-state index in [2.05, 4.69) is 182 Å². The van der Waals surface area contributed by atoms with E-state index in [1.165, 1.54) is 99.1 Å². The van der Waals surface area contributed by atoms with Gasteiger partial charge in [0.1, 0.15) is 0 Å². The van der Waals surface area contributed by atoms with Crippen molar-refractivity contribution in [2.45, 2.75) is 0 Å². The largest absolute Gasteiger partial charge is 0.0616 e. The minimum Gasteiger partial charge on any atom is -0.0616 e. The van der Waals surface area contributed by atoms with Crippen molar-refractivity contribution >= 4 is 32.3 Å². The normalized spacial score (nSPS) is 11.8. The van der Waals surface area contributed by atoms with E-state index in [0.717, 1.165) is 0 Å². The fraction of sp³-hybridized carbons (Fsp3) is 0. The zero-order valence-electron chi connectivity index (χ0n) is 26.3. The van der Waals surface area contributed by atoms with E-state index in [1.807, 2.05) is 0 Å². The summed E-state index contributed by atoms with van der Waals surface area (Å²) < 4.78 is 0. The Morgan fingerprint density at radius 1 is 0.167 bits per heavy atom. The summed E-state index contributed by atoms with van der Waals surface area (Å²) in [7, 11) is 0. The topological polar surface area (TPSA) is 0 Å². The van der Waals surface area contributed by atoms with Crippen LogP contribution in [0.4, 0.5) is 0 Å². The minimum absolute atomic E-state index is 1.21. The molecule has 0 fully saturated rings. The summed E-state index contributed by atoms with van der Waals surface area (Å²) in [6.07, 6.45) is 0. The Morgan fingerprint density at radius 3 is 0.917 bits per heavy atom. The van der Waals surface area contributed by atoms with Crippen LogP contribution in [0.25, 0.3) is 99.1 Å². The summed E-state index contributed by atoms with van der Waals surface area (Å²) in [5.74, 6) is 0. The van der Waals surface area contributed by atoms with Gasteiger partial charge in [0.15, 0.2) is 0 Å². The third-order valence-corrected chi connectivity index (χ3v) is 10.3. The Balaban J connectivity index is 1.10. The molecule has 0 bridgehead atoms. The number of benzene rings is 9. The van der Waals surface area contributed by atoms with Crippen LogP contribution in [0.2, 0.25) is 0 Å². The number of fused-ring (bicyclic) bond motifs is 14. The molecule has 0 heterocycles. The van der Waals surface area contributed by atoms with Crippen molar-refractivity contribution in [1.82, 2.24) is 0 Å². The van der Waals surface area contributed by atoms with Crippen LogP contribution in [-0.2, 0) is 0 Å². The van der Waals surface area contributed by atoms with Gasteiger partial charge >= 0.3 is 0 Å². The summed E-state index contributed by atoms with van der Waals surface area (Å²) in [5.41, 5.74) is 15.1. The third kappa shape index (κ3) is 4.10. The molecule has 1 aliphatic rings. The van der Waals surface area contributed by atoms with Gasteiger partial charge in [0, 0.05) is 0 Å². The van der Waals surface area contributed by atoms with E-state index in [1.54, 1.807) is 0 Å². The van der Waals surface area contributed by atoms with Gasteiger partial charge in [-0.1, -0.05) is 170 Å². The summed E-state index contributed by atoms with van der Waals surface area (Å²) in [6.45, 7) is 0. The molecule has 222 valence electrons. The molecular formula is C48H30. The highest BCUT2D eigenvalue weighted by Crippen LogP contribution is 2.48. The van der Waals surface area contributed by atoms with Gasteiger partial charge in [-0.15, -0.1) is 0 Å². The predicted molar refractivity (Wildman–Crippen MR) is 205 cm³/mol. The number of hydrogen-bond acceptors (Lipinski definition) is 0. The van der Waals surface area contributed by atoms with Crippen LogP contribution in [0, 0.1) is 0 Å². The van der Waals surface area contributed by atoms with Crippen molar-refractivity contribution in [2.75, 3.05) is 0 Å². The molecule has 48 heavy (non-hydrogen) atoms. The standard InChI is InChI=1S/C48H30/c1-2-12-36-35(11-1)37-13-3-5-17-41(37)45-27-25-33(29-47(45)43-19-9-7-15-39(36)43)31-21-23-32(24-22-31)34-26-28-46-42-18-6-4-14-38(42)40-16-8-10-20-44(40)48(46)30-34/h1-30H. The van der Waals surface area contributed by atoms with Crippen LogP contribution in [-0.4, -0.2) is 0 Å². The van der Waals surface area contributed by atoms with E-state index in [-0.39, 0.29) is 0 Å². The Labute approximate surface area is 280 Å². The average molecular weight is 607 g/mol. The van der Waals surface area contributed by atoms with Crippen LogP contribution in [0.1, 0.15) is 0 Å². The van der Waals surface area contributed by atoms with Crippen LogP contribution < -0.4 is 0 Å². The molecule has 0 amide bonds. The van der Waals surface area contributed by atoms with Gasteiger partial charge in [-0.25, -0.2) is 0 Å². The van der Waals surface area contributed by atoms with Gasteiger partial charge in [0.25, 0.3) is 0 Å². The highest BCUT2D eigenvalue weighted by molar-refractivity contribution is 6.25. The first-order valence-corrected chi connectivity index (χ1v) is 16.7. The SMILES string of the molecule is c1ccc2c(c1)-c1ccccc1-c1ccc(-c3ccc(-c4ccc5c6ccccc6c6ccccc6c5c4)cc3)cc1-c1ccccc1-2. The van der Waals surface area contributed by atoms with E-state index >= 15 is 0 Å². The molecule has 0 N–H and O–H groups in total. The van der Waals surface area contributed by atoms with Crippen molar-refractivity contribution in [1.29, 1.82) is 0 Å². The molecular weight excluding hydrogens is 577 g/mol. The van der Waals surface area contributed by atoms with Crippen molar-refractivity contribution in [3.63, 3.8) is 0 Å². The van der Waals surface area contributed by atoms with Gasteiger partial charge < -0.3 is 0 Å². The Hall–Kier alpha value is -6.24. The third-order valence-electron chi connectivity index (χ3n) is 10.3. The van der Waals surface area contributed by atoms with Crippen LogP contribution >= 0.6 is 0 Å². The lowest BCUT2D eigenvalue weighted by molar-refractivity contribution is 1.51. The molecule has 0 atom stereocenters. The van der Waals surface area contributed by atoms with Gasteiger partial charge in [-0.05, 0) is 111 Å². The predicted octanol–water partition coefficient (Wildman–Crippen LogP) is 13.5. The summed E-state index contributed by atoms with van der Waals surface area (Å²) in [4.78, 5) is 0. The van der Waals surface area contributed by atoms with Gasteiger partial charge in [-0.2, -0.15) is 0 Å². The molecule has 0 saturated carbocycles. The lowest BCUT2D eigenvalue weighted by Crippen LogP contribution is -1.97. The highest BCUT2D eigenvalue weighted by atomic mass is 14.2. The molecule has 0 aromatic heterocycles. The second-order valence-electron chi connectivity index (χ2n) is 12.8. The Morgan fingerprint density at radius 2 is 0.458 bits per heavy atom. The fourth-order valence-corrected chi connectivity index (χ4v) is 7.98. The molecule has 0 spiro atoms. The maximum atomic E-state index is 2.39. The average Bonchev–Trinajstić information content (AvgIpc) is 3.17. The molecule has 9 aromatic rings. The van der Waals surface area contributed by atoms with E-state index in [4.69, 9.17) is 0 Å². The van der Waals surface area contributed by atoms with E-state index in [9.17, 15) is 0 Å².